The van der Waals surface area contributed by atoms with Crippen LogP contribution in [0.5, 0.6) is 0 Å². The quantitative estimate of drug-likeness (QED) is 0.803. The monoisotopic (exact) mass is 296 g/mol. The van der Waals surface area contributed by atoms with E-state index in [9.17, 15) is 4.79 Å². The Bertz CT molecular complexity index is 773. The molecule has 6 heteroatoms. The molecule has 1 aromatic carbocycles. The van der Waals surface area contributed by atoms with Crippen LogP contribution in [0.15, 0.2) is 47.1 Å². The van der Waals surface area contributed by atoms with Gasteiger partial charge in [-0.25, -0.2) is 4.98 Å². The maximum atomic E-state index is 11.0. The Kier molecular flexibility index (Phi) is 3.74. The van der Waals surface area contributed by atoms with Gasteiger partial charge in [0.05, 0.1) is 6.54 Å². The van der Waals surface area contributed by atoms with E-state index in [-0.39, 0.29) is 5.91 Å². The SMILES string of the molecule is CC(=O)Nc1ccc(-c2nc(Cn3cccn3)c(C)o2)cc1. The van der Waals surface area contributed by atoms with Gasteiger partial charge in [0.25, 0.3) is 0 Å². The lowest BCUT2D eigenvalue weighted by atomic mass is 10.2. The van der Waals surface area contributed by atoms with Gasteiger partial charge in [-0.05, 0) is 37.3 Å². The van der Waals surface area contributed by atoms with Crippen LogP contribution in [-0.4, -0.2) is 20.7 Å². The number of amides is 1. The largest absolute Gasteiger partial charge is 0.441 e. The number of aryl methyl sites for hydroxylation is 1. The van der Waals surface area contributed by atoms with Gasteiger partial charge in [-0.2, -0.15) is 5.10 Å². The van der Waals surface area contributed by atoms with Crippen LogP contribution in [0.1, 0.15) is 18.4 Å². The molecule has 0 saturated heterocycles. The molecule has 0 aliphatic rings. The number of nitrogens with zero attached hydrogens (tertiary/aromatic N) is 3. The van der Waals surface area contributed by atoms with E-state index < -0.39 is 0 Å². The number of hydrogen-bond donors (Lipinski definition) is 1. The average Bonchev–Trinajstić information content (AvgIpc) is 3.10. The molecule has 0 aliphatic carbocycles. The second-order valence-electron chi connectivity index (χ2n) is 4.98. The molecule has 0 unspecified atom stereocenters. The first kappa shape index (κ1) is 14.1. The van der Waals surface area contributed by atoms with Crippen molar-refractivity contribution in [1.82, 2.24) is 14.8 Å². The van der Waals surface area contributed by atoms with Gasteiger partial charge in [-0.3, -0.25) is 9.48 Å². The molecule has 3 aromatic rings. The second kappa shape index (κ2) is 5.85. The first-order valence-electron chi connectivity index (χ1n) is 6.93. The molecule has 112 valence electrons. The number of aromatic nitrogens is 3. The lowest BCUT2D eigenvalue weighted by Gasteiger charge is -2.02. The highest BCUT2D eigenvalue weighted by Crippen LogP contribution is 2.23. The fraction of sp³-hybridized carbons (Fsp3) is 0.188. The maximum Gasteiger partial charge on any atom is 0.226 e. The Balaban J connectivity index is 1.81. The summed E-state index contributed by atoms with van der Waals surface area (Å²) >= 11 is 0. The Morgan fingerprint density at radius 1 is 1.32 bits per heavy atom. The van der Waals surface area contributed by atoms with E-state index in [1.807, 2.05) is 43.5 Å². The summed E-state index contributed by atoms with van der Waals surface area (Å²) in [7, 11) is 0. The van der Waals surface area contributed by atoms with Crippen molar-refractivity contribution in [2.75, 3.05) is 5.32 Å². The van der Waals surface area contributed by atoms with Gasteiger partial charge < -0.3 is 9.73 Å². The van der Waals surface area contributed by atoms with Gasteiger partial charge in [0.2, 0.25) is 11.8 Å². The van der Waals surface area contributed by atoms with Crippen LogP contribution in [-0.2, 0) is 11.3 Å². The number of anilines is 1. The van der Waals surface area contributed by atoms with Crippen molar-refractivity contribution in [2.45, 2.75) is 20.4 Å². The highest BCUT2D eigenvalue weighted by atomic mass is 16.4. The van der Waals surface area contributed by atoms with Gasteiger partial charge in [0.1, 0.15) is 11.5 Å². The van der Waals surface area contributed by atoms with E-state index >= 15 is 0 Å². The Hall–Kier alpha value is -2.89. The van der Waals surface area contributed by atoms with Gasteiger partial charge in [-0.15, -0.1) is 0 Å². The van der Waals surface area contributed by atoms with Gasteiger partial charge in [0, 0.05) is 30.6 Å². The summed E-state index contributed by atoms with van der Waals surface area (Å²) in [4.78, 5) is 15.5. The van der Waals surface area contributed by atoms with Crippen LogP contribution in [0.3, 0.4) is 0 Å². The van der Waals surface area contributed by atoms with Crippen LogP contribution in [0, 0.1) is 6.92 Å². The number of nitrogens with one attached hydrogen (secondary N) is 1. The fourth-order valence-corrected chi connectivity index (χ4v) is 2.15. The van der Waals surface area contributed by atoms with E-state index in [4.69, 9.17) is 4.42 Å². The molecule has 22 heavy (non-hydrogen) atoms. The maximum absolute atomic E-state index is 11.0. The van der Waals surface area contributed by atoms with Crippen LogP contribution in [0.25, 0.3) is 11.5 Å². The summed E-state index contributed by atoms with van der Waals surface area (Å²) in [6.45, 7) is 3.94. The minimum absolute atomic E-state index is 0.0961. The topological polar surface area (TPSA) is 73.0 Å². The molecule has 0 spiro atoms. The molecular weight excluding hydrogens is 280 g/mol. The van der Waals surface area contributed by atoms with Gasteiger partial charge in [0.15, 0.2) is 0 Å². The molecule has 0 radical (unpaired) electrons. The standard InChI is InChI=1S/C16H16N4O2/c1-11-15(10-20-9-3-8-17-20)19-16(22-11)13-4-6-14(7-5-13)18-12(2)21/h3-9H,10H2,1-2H3,(H,18,21). The lowest BCUT2D eigenvalue weighted by Crippen LogP contribution is -2.05. The number of rotatable bonds is 4. The first-order valence-corrected chi connectivity index (χ1v) is 6.93. The van der Waals surface area contributed by atoms with E-state index in [2.05, 4.69) is 15.4 Å². The predicted molar refractivity (Wildman–Crippen MR) is 82.3 cm³/mol. The summed E-state index contributed by atoms with van der Waals surface area (Å²) in [5, 5.41) is 6.90. The van der Waals surface area contributed by atoms with Crippen LogP contribution in [0.2, 0.25) is 0 Å². The molecule has 1 amide bonds. The molecule has 2 heterocycles. The molecule has 0 atom stereocenters. The molecule has 0 aliphatic heterocycles. The average molecular weight is 296 g/mol. The molecule has 0 fully saturated rings. The van der Waals surface area contributed by atoms with E-state index in [1.54, 1.807) is 10.9 Å². The third-order valence-electron chi connectivity index (χ3n) is 3.22. The number of hydrogen-bond acceptors (Lipinski definition) is 4. The summed E-state index contributed by atoms with van der Waals surface area (Å²) < 4.78 is 7.53. The number of carbonyl (C=O) groups is 1. The molecular formula is C16H16N4O2. The van der Waals surface area contributed by atoms with Crippen molar-refractivity contribution < 1.29 is 9.21 Å². The van der Waals surface area contributed by atoms with Gasteiger partial charge >= 0.3 is 0 Å². The Morgan fingerprint density at radius 2 is 2.09 bits per heavy atom. The minimum Gasteiger partial charge on any atom is -0.441 e. The Labute approximate surface area is 127 Å². The summed E-state index contributed by atoms with van der Waals surface area (Å²) in [5.41, 5.74) is 2.46. The summed E-state index contributed by atoms with van der Waals surface area (Å²) in [6.07, 6.45) is 3.62. The van der Waals surface area contributed by atoms with Crippen molar-refractivity contribution in [3.63, 3.8) is 0 Å². The number of benzene rings is 1. The van der Waals surface area contributed by atoms with Crippen molar-refractivity contribution in [3.8, 4) is 11.5 Å². The van der Waals surface area contributed by atoms with Gasteiger partial charge in [-0.1, -0.05) is 0 Å². The predicted octanol–water partition coefficient (Wildman–Crippen LogP) is 2.85. The minimum atomic E-state index is -0.0961. The van der Waals surface area contributed by atoms with Crippen molar-refractivity contribution in [2.24, 2.45) is 0 Å². The third-order valence-corrected chi connectivity index (χ3v) is 3.22. The second-order valence-corrected chi connectivity index (χ2v) is 4.98. The normalized spacial score (nSPS) is 10.6. The summed E-state index contributed by atoms with van der Waals surface area (Å²) in [6, 6.07) is 9.26. The lowest BCUT2D eigenvalue weighted by molar-refractivity contribution is -0.114. The molecule has 6 nitrogen and oxygen atoms in total. The van der Waals surface area contributed by atoms with E-state index in [0.29, 0.717) is 12.4 Å². The molecule has 0 saturated carbocycles. The zero-order valence-electron chi connectivity index (χ0n) is 12.4. The molecule has 2 aromatic heterocycles. The molecule has 3 rings (SSSR count). The van der Waals surface area contributed by atoms with Crippen LogP contribution >= 0.6 is 0 Å². The van der Waals surface area contributed by atoms with E-state index in [0.717, 1.165) is 22.7 Å². The Morgan fingerprint density at radius 3 is 2.73 bits per heavy atom. The number of carbonyl (C=O) groups excluding carboxylic acids is 1. The highest BCUT2D eigenvalue weighted by molar-refractivity contribution is 5.88. The van der Waals surface area contributed by atoms with Crippen molar-refractivity contribution >= 4 is 11.6 Å². The number of oxazole rings is 1. The third kappa shape index (κ3) is 3.06. The smallest absolute Gasteiger partial charge is 0.226 e. The molecule has 0 bridgehead atoms. The van der Waals surface area contributed by atoms with Crippen molar-refractivity contribution in [1.29, 1.82) is 0 Å². The zero-order valence-corrected chi connectivity index (χ0v) is 12.4. The highest BCUT2D eigenvalue weighted by Gasteiger charge is 2.12. The van der Waals surface area contributed by atoms with Crippen LogP contribution < -0.4 is 5.32 Å². The van der Waals surface area contributed by atoms with E-state index in [1.165, 1.54) is 6.92 Å². The fourth-order valence-electron chi connectivity index (χ4n) is 2.15. The summed E-state index contributed by atoms with van der Waals surface area (Å²) in [5.74, 6) is 1.24. The first-order chi connectivity index (χ1) is 10.6. The molecule has 1 N–H and O–H groups in total. The van der Waals surface area contributed by atoms with Crippen molar-refractivity contribution in [3.05, 3.63) is 54.2 Å². The van der Waals surface area contributed by atoms with Crippen LogP contribution in [0.4, 0.5) is 5.69 Å². The zero-order chi connectivity index (χ0) is 15.5.